The van der Waals surface area contributed by atoms with Crippen LogP contribution in [0.5, 0.6) is 11.8 Å². The Morgan fingerprint density at radius 2 is 1.95 bits per heavy atom. The Hall–Kier alpha value is -3.60. The van der Waals surface area contributed by atoms with Crippen LogP contribution < -0.4 is 9.64 Å². The van der Waals surface area contributed by atoms with Gasteiger partial charge in [0.15, 0.2) is 5.82 Å². The number of piperidine rings is 1. The summed E-state index contributed by atoms with van der Waals surface area (Å²) in [4.78, 5) is 18.4. The summed E-state index contributed by atoms with van der Waals surface area (Å²) in [6.45, 7) is 4.55. The van der Waals surface area contributed by atoms with Crippen molar-refractivity contribution in [3.05, 3.63) is 48.4 Å². The van der Waals surface area contributed by atoms with Crippen molar-refractivity contribution < 1.29 is 24.1 Å². The largest absolute Gasteiger partial charge is 0.508 e. The number of likely N-dealkylation sites (tertiary alicyclic amines) is 1. The molecular weight excluding hydrogens is 549 g/mol. The molecule has 0 bridgehead atoms. The molecule has 3 aliphatic rings. The summed E-state index contributed by atoms with van der Waals surface area (Å²) in [6.07, 6.45) is 7.17. The Morgan fingerprint density at radius 3 is 2.84 bits per heavy atom. The van der Waals surface area contributed by atoms with E-state index in [9.17, 15) is 10.2 Å². The zero-order chi connectivity index (χ0) is 29.8. The molecule has 1 aliphatic carbocycles. The van der Waals surface area contributed by atoms with E-state index in [1.54, 1.807) is 19.2 Å². The minimum Gasteiger partial charge on any atom is -0.508 e. The highest BCUT2D eigenvalue weighted by Gasteiger charge is 2.47. The van der Waals surface area contributed by atoms with Crippen molar-refractivity contribution in [1.82, 2.24) is 19.9 Å². The molecule has 4 heterocycles. The Kier molecular flexibility index (Phi) is 7.10. The van der Waals surface area contributed by atoms with Gasteiger partial charge in [0.1, 0.15) is 28.4 Å². The number of fused-ring (bicyclic) bond motifs is 3. The second-order valence-corrected chi connectivity index (χ2v) is 12.8. The fourth-order valence-electron chi connectivity index (χ4n) is 7.57. The van der Waals surface area contributed by atoms with Crippen LogP contribution in [0.3, 0.4) is 0 Å². The van der Waals surface area contributed by atoms with Gasteiger partial charge >= 0.3 is 6.01 Å². The normalized spacial score (nSPS) is 26.5. The second-order valence-electron chi connectivity index (χ2n) is 12.8. The van der Waals surface area contributed by atoms with Gasteiger partial charge in [-0.25, -0.2) is 4.39 Å². The van der Waals surface area contributed by atoms with Crippen molar-refractivity contribution in [2.45, 2.75) is 50.7 Å². The number of anilines is 1. The van der Waals surface area contributed by atoms with E-state index in [-0.39, 0.29) is 41.5 Å². The number of nitrogens with zero attached hydrogens (tertiary/aromatic N) is 5. The number of aromatic hydroxyl groups is 1. The summed E-state index contributed by atoms with van der Waals surface area (Å²) in [5.74, 6) is -0.142. The molecule has 3 unspecified atom stereocenters. The van der Waals surface area contributed by atoms with Gasteiger partial charge in [-0.3, -0.25) is 4.98 Å². The molecule has 0 spiro atoms. The molecular formula is C33H38FN5O4. The van der Waals surface area contributed by atoms with Gasteiger partial charge in [0.05, 0.1) is 31.8 Å². The number of phenolic OH excluding ortho intramolecular Hbond substituents is 1. The number of benzene rings is 2. The lowest BCUT2D eigenvalue weighted by atomic mass is 9.76. The predicted octanol–water partition coefficient (Wildman–Crippen LogP) is 4.92. The average Bonchev–Trinajstić information content (AvgIpc) is 3.34. The molecule has 2 saturated heterocycles. The lowest BCUT2D eigenvalue weighted by Gasteiger charge is -2.44. The van der Waals surface area contributed by atoms with E-state index in [0.717, 1.165) is 49.4 Å². The minimum absolute atomic E-state index is 0.0219. The first kappa shape index (κ1) is 28.2. The highest BCUT2D eigenvalue weighted by Crippen LogP contribution is 2.47. The summed E-state index contributed by atoms with van der Waals surface area (Å²) in [5, 5.41) is 23.4. The van der Waals surface area contributed by atoms with E-state index in [1.165, 1.54) is 6.07 Å². The molecule has 43 heavy (non-hydrogen) atoms. The predicted molar refractivity (Wildman–Crippen MR) is 163 cm³/mol. The molecule has 7 rings (SSSR count). The third kappa shape index (κ3) is 5.15. The zero-order valence-corrected chi connectivity index (χ0v) is 24.7. The monoisotopic (exact) mass is 587 g/mol. The van der Waals surface area contributed by atoms with Crippen LogP contribution in [-0.2, 0) is 4.74 Å². The number of rotatable bonds is 5. The van der Waals surface area contributed by atoms with E-state index < -0.39 is 11.4 Å². The van der Waals surface area contributed by atoms with Crippen molar-refractivity contribution in [2.75, 3.05) is 51.4 Å². The molecule has 1 saturated carbocycles. The zero-order valence-electron chi connectivity index (χ0n) is 24.7. The Labute approximate surface area is 250 Å². The maximum Gasteiger partial charge on any atom is 0.319 e. The van der Waals surface area contributed by atoms with Gasteiger partial charge in [-0.05, 0) is 69.1 Å². The van der Waals surface area contributed by atoms with Gasteiger partial charge in [0.25, 0.3) is 0 Å². The SMILES string of the molecule is CN1CCCC2(COc3nc(N4CCOCC(C)(O)C4)c4cnc(-c5cc(O)cc6ccccc56)c(F)c4n3)CCCC12. The fraction of sp³-hybridized carbons (Fsp3) is 0.485. The Balaban J connectivity index is 1.35. The smallest absolute Gasteiger partial charge is 0.319 e. The number of phenols is 1. The summed E-state index contributed by atoms with van der Waals surface area (Å²) < 4.78 is 28.7. The van der Waals surface area contributed by atoms with Crippen molar-refractivity contribution in [1.29, 1.82) is 0 Å². The number of β-amino-alcohol motifs (C(OH)–C–C–N with tert-alkyl or cyclic N) is 1. The van der Waals surface area contributed by atoms with Crippen LogP contribution in [0.2, 0.25) is 0 Å². The molecule has 9 nitrogen and oxygen atoms in total. The van der Waals surface area contributed by atoms with Crippen LogP contribution in [0.15, 0.2) is 42.6 Å². The molecule has 0 amide bonds. The van der Waals surface area contributed by atoms with E-state index in [2.05, 4.69) is 21.9 Å². The van der Waals surface area contributed by atoms with Gasteiger partial charge in [0, 0.05) is 29.8 Å². The quantitative estimate of drug-likeness (QED) is 0.337. The molecule has 4 aromatic rings. The molecule has 2 aromatic heterocycles. The van der Waals surface area contributed by atoms with Gasteiger partial charge in [-0.15, -0.1) is 0 Å². The highest BCUT2D eigenvalue weighted by atomic mass is 19.1. The van der Waals surface area contributed by atoms with Crippen LogP contribution in [0.1, 0.15) is 39.0 Å². The highest BCUT2D eigenvalue weighted by molar-refractivity contribution is 5.99. The summed E-state index contributed by atoms with van der Waals surface area (Å²) >= 11 is 0. The molecule has 2 aromatic carbocycles. The average molecular weight is 588 g/mol. The first-order chi connectivity index (χ1) is 20.7. The van der Waals surface area contributed by atoms with E-state index >= 15 is 4.39 Å². The summed E-state index contributed by atoms with van der Waals surface area (Å²) in [7, 11) is 2.19. The number of hydrogen-bond acceptors (Lipinski definition) is 9. The topological polar surface area (TPSA) is 104 Å². The second kappa shape index (κ2) is 10.8. The molecule has 226 valence electrons. The number of aromatic nitrogens is 3. The maximum atomic E-state index is 16.6. The first-order valence-corrected chi connectivity index (χ1v) is 15.2. The maximum absolute atomic E-state index is 16.6. The first-order valence-electron chi connectivity index (χ1n) is 15.2. The van der Waals surface area contributed by atoms with Gasteiger partial charge in [-0.1, -0.05) is 30.7 Å². The van der Waals surface area contributed by atoms with E-state index in [0.29, 0.717) is 42.6 Å². The van der Waals surface area contributed by atoms with Crippen LogP contribution in [-0.4, -0.2) is 88.2 Å². The number of hydrogen-bond donors (Lipinski definition) is 2. The molecule has 3 fully saturated rings. The lowest BCUT2D eigenvalue weighted by Crippen LogP contribution is -2.50. The minimum atomic E-state index is -1.12. The van der Waals surface area contributed by atoms with Crippen LogP contribution in [0, 0.1) is 11.2 Å². The van der Waals surface area contributed by atoms with Gasteiger partial charge < -0.3 is 29.5 Å². The number of aliphatic hydroxyl groups is 1. The molecule has 0 radical (unpaired) electrons. The third-order valence-electron chi connectivity index (χ3n) is 9.56. The molecule has 3 atom stereocenters. The molecule has 2 N–H and O–H groups in total. The van der Waals surface area contributed by atoms with Crippen molar-refractivity contribution in [3.8, 4) is 23.0 Å². The molecule has 2 aliphatic heterocycles. The van der Waals surface area contributed by atoms with Crippen LogP contribution in [0.25, 0.3) is 32.9 Å². The lowest BCUT2D eigenvalue weighted by molar-refractivity contribution is -0.0123. The number of pyridine rings is 1. The van der Waals surface area contributed by atoms with Crippen LogP contribution in [0.4, 0.5) is 10.2 Å². The summed E-state index contributed by atoms with van der Waals surface area (Å²) in [6, 6.07) is 11.2. The van der Waals surface area contributed by atoms with E-state index in [4.69, 9.17) is 14.5 Å². The standard InChI is InChI=1S/C33H38FN5O4/c1-32(41)18-39(13-14-42-19-32)30-25-17-35-28(24-16-22(40)15-21-7-3-4-8-23(21)24)27(34)29(25)36-31(37-30)43-20-33-10-5-9-26(33)38(2)12-6-11-33/h3-4,7-8,15-17,26,40-41H,5-6,9-14,18-20H2,1-2H3. The third-order valence-corrected chi connectivity index (χ3v) is 9.56. The number of halogens is 1. The number of ether oxygens (including phenoxy) is 2. The molecule has 10 heteroatoms. The van der Waals surface area contributed by atoms with Gasteiger partial charge in [-0.2, -0.15) is 9.97 Å². The summed E-state index contributed by atoms with van der Waals surface area (Å²) in [5.41, 5.74) is -0.451. The van der Waals surface area contributed by atoms with Crippen molar-refractivity contribution in [3.63, 3.8) is 0 Å². The Morgan fingerprint density at radius 1 is 1.12 bits per heavy atom. The Bertz CT molecular complexity index is 1680. The van der Waals surface area contributed by atoms with Crippen molar-refractivity contribution in [2.24, 2.45) is 5.41 Å². The van der Waals surface area contributed by atoms with Crippen molar-refractivity contribution >= 4 is 27.5 Å². The fourth-order valence-corrected chi connectivity index (χ4v) is 7.57. The van der Waals surface area contributed by atoms with Gasteiger partial charge in [0.2, 0.25) is 0 Å². The van der Waals surface area contributed by atoms with E-state index in [1.807, 2.05) is 29.2 Å². The van der Waals surface area contributed by atoms with Crippen LogP contribution >= 0.6 is 0 Å².